The minimum absolute atomic E-state index is 0.00949. The first-order chi connectivity index (χ1) is 20.7. The lowest BCUT2D eigenvalue weighted by atomic mass is 9.80. The van der Waals surface area contributed by atoms with Crippen molar-refractivity contribution < 1.29 is 29.0 Å². The lowest BCUT2D eigenvalue weighted by Gasteiger charge is -2.32. The van der Waals surface area contributed by atoms with Gasteiger partial charge in [0, 0.05) is 23.5 Å². The van der Waals surface area contributed by atoms with Gasteiger partial charge in [0.05, 0.1) is 24.2 Å². The van der Waals surface area contributed by atoms with Crippen LogP contribution < -0.4 is 15.4 Å². The van der Waals surface area contributed by atoms with E-state index in [2.05, 4.69) is 43.9 Å². The molecular weight excluding hydrogens is 550 g/mol. The molecule has 0 spiro atoms. The predicted octanol–water partition coefficient (Wildman–Crippen LogP) is 5.04. The van der Waals surface area contributed by atoms with Crippen LogP contribution >= 0.6 is 0 Å². The van der Waals surface area contributed by atoms with Gasteiger partial charge in [0.2, 0.25) is 5.89 Å². The molecule has 43 heavy (non-hydrogen) atoms. The van der Waals surface area contributed by atoms with E-state index in [-0.39, 0.29) is 17.2 Å². The molecule has 4 N–H and O–H groups in total. The molecule has 0 atom stereocenters. The van der Waals surface area contributed by atoms with Gasteiger partial charge in [-0.05, 0) is 94.1 Å². The SMILES string of the molecule is COc1cccc(C2CCN(CCCc3nnc(Nc4cccc(C5C(C(=O)O)=C(C)NC(C)=C5C(=O)O)c4)o3)CC2)c1. The van der Waals surface area contributed by atoms with Crippen molar-refractivity contribution >= 4 is 23.6 Å². The van der Waals surface area contributed by atoms with E-state index in [1.807, 2.05) is 6.07 Å². The van der Waals surface area contributed by atoms with Gasteiger partial charge in [0.25, 0.3) is 0 Å². The third kappa shape index (κ3) is 6.89. The number of anilines is 2. The minimum Gasteiger partial charge on any atom is -0.497 e. The fraction of sp³-hybridized carbons (Fsp3) is 0.375. The second-order valence-corrected chi connectivity index (χ2v) is 11.0. The number of carbonyl (C=O) groups is 2. The number of piperidine rings is 1. The van der Waals surface area contributed by atoms with Crippen LogP contribution in [0.25, 0.3) is 0 Å². The number of aromatic nitrogens is 2. The zero-order chi connectivity index (χ0) is 30.5. The van der Waals surface area contributed by atoms with Gasteiger partial charge in [0.15, 0.2) is 0 Å². The molecule has 2 aromatic carbocycles. The minimum atomic E-state index is -1.18. The van der Waals surface area contributed by atoms with Crippen LogP contribution in [0.15, 0.2) is 75.5 Å². The fourth-order valence-electron chi connectivity index (χ4n) is 6.06. The fourth-order valence-corrected chi connectivity index (χ4v) is 6.06. The Morgan fingerprint density at radius 2 is 1.67 bits per heavy atom. The molecule has 0 unspecified atom stereocenters. The third-order valence-corrected chi connectivity index (χ3v) is 8.18. The molecule has 11 nitrogen and oxygen atoms in total. The second-order valence-electron chi connectivity index (χ2n) is 11.0. The monoisotopic (exact) mass is 587 g/mol. The molecule has 0 radical (unpaired) electrons. The summed E-state index contributed by atoms with van der Waals surface area (Å²) >= 11 is 0. The van der Waals surface area contributed by atoms with Gasteiger partial charge in [-0.2, -0.15) is 0 Å². The van der Waals surface area contributed by atoms with Gasteiger partial charge in [-0.25, -0.2) is 9.59 Å². The summed E-state index contributed by atoms with van der Waals surface area (Å²) in [6, 6.07) is 15.5. The Morgan fingerprint density at radius 3 is 2.35 bits per heavy atom. The van der Waals surface area contributed by atoms with E-state index in [9.17, 15) is 19.8 Å². The average molecular weight is 588 g/mol. The number of nitrogens with zero attached hydrogens (tertiary/aromatic N) is 3. The molecule has 1 fully saturated rings. The molecule has 3 heterocycles. The molecular formula is C32H37N5O6. The summed E-state index contributed by atoms with van der Waals surface area (Å²) in [7, 11) is 1.70. The van der Waals surface area contributed by atoms with Crippen molar-refractivity contribution in [3.63, 3.8) is 0 Å². The normalized spacial score (nSPS) is 16.7. The lowest BCUT2D eigenvalue weighted by Crippen LogP contribution is -2.33. The highest BCUT2D eigenvalue weighted by molar-refractivity contribution is 5.98. The zero-order valence-electron chi connectivity index (χ0n) is 24.6. The molecule has 5 rings (SSSR count). The number of hydrogen-bond donors (Lipinski definition) is 4. The van der Waals surface area contributed by atoms with E-state index >= 15 is 0 Å². The first-order valence-electron chi connectivity index (χ1n) is 14.4. The predicted molar refractivity (Wildman–Crippen MR) is 160 cm³/mol. The summed E-state index contributed by atoms with van der Waals surface area (Å²) in [6.07, 6.45) is 3.78. The Morgan fingerprint density at radius 1 is 1.00 bits per heavy atom. The maximum atomic E-state index is 12.1. The van der Waals surface area contributed by atoms with Crippen molar-refractivity contribution in [2.24, 2.45) is 0 Å². The molecule has 0 bridgehead atoms. The van der Waals surface area contributed by atoms with Crippen LogP contribution in [-0.4, -0.2) is 64.0 Å². The quantitative estimate of drug-likeness (QED) is 0.239. The number of allylic oxidation sites excluding steroid dienone is 2. The summed E-state index contributed by atoms with van der Waals surface area (Å²) in [5.74, 6) is -1.32. The van der Waals surface area contributed by atoms with Gasteiger partial charge < -0.3 is 34.9 Å². The second kappa shape index (κ2) is 13.1. The Kier molecular flexibility index (Phi) is 9.10. The Hall–Kier alpha value is -4.64. The van der Waals surface area contributed by atoms with Crippen LogP contribution in [-0.2, 0) is 16.0 Å². The maximum absolute atomic E-state index is 12.1. The van der Waals surface area contributed by atoms with Crippen molar-refractivity contribution in [2.45, 2.75) is 51.4 Å². The van der Waals surface area contributed by atoms with Gasteiger partial charge in [0.1, 0.15) is 5.75 Å². The number of ether oxygens (including phenoxy) is 1. The Bertz CT molecular complexity index is 1520. The molecule has 0 amide bonds. The van der Waals surface area contributed by atoms with E-state index in [0.29, 0.717) is 40.9 Å². The van der Waals surface area contributed by atoms with Crippen LogP contribution in [0.1, 0.15) is 62.0 Å². The molecule has 2 aliphatic heterocycles. The van der Waals surface area contributed by atoms with Crippen molar-refractivity contribution in [3.8, 4) is 5.75 Å². The standard InChI is InChI=1S/C32H37N5O6/c1-19-27(30(38)39)29(28(31(40)41)20(2)33-19)23-8-4-9-24(17-23)34-32-36-35-26(43-32)11-6-14-37-15-12-21(13-16-37)22-7-5-10-25(18-22)42-3/h4-5,7-10,17-18,21,29,33H,6,11-16H2,1-3H3,(H,34,36)(H,38,39)(H,40,41). The van der Waals surface area contributed by atoms with Gasteiger partial charge >= 0.3 is 18.0 Å². The number of rotatable bonds is 11. The molecule has 3 aromatic rings. The molecule has 226 valence electrons. The number of likely N-dealkylation sites (tertiary alicyclic amines) is 1. The maximum Gasteiger partial charge on any atom is 0.334 e. The van der Waals surface area contributed by atoms with E-state index in [1.54, 1.807) is 45.2 Å². The van der Waals surface area contributed by atoms with E-state index in [4.69, 9.17) is 9.15 Å². The highest BCUT2D eigenvalue weighted by Crippen LogP contribution is 2.39. The highest BCUT2D eigenvalue weighted by Gasteiger charge is 2.36. The average Bonchev–Trinajstić information content (AvgIpc) is 3.43. The molecule has 0 saturated carbocycles. The number of methoxy groups -OCH3 is 1. The van der Waals surface area contributed by atoms with Gasteiger partial charge in [-0.3, -0.25) is 0 Å². The topological polar surface area (TPSA) is 150 Å². The number of aryl methyl sites for hydroxylation is 1. The highest BCUT2D eigenvalue weighted by atomic mass is 16.5. The van der Waals surface area contributed by atoms with Crippen molar-refractivity contribution in [3.05, 3.63) is 88.1 Å². The van der Waals surface area contributed by atoms with Crippen LogP contribution in [0.2, 0.25) is 0 Å². The molecule has 1 aromatic heterocycles. The molecule has 11 heteroatoms. The summed E-state index contributed by atoms with van der Waals surface area (Å²) < 4.78 is 11.2. The largest absolute Gasteiger partial charge is 0.497 e. The van der Waals surface area contributed by atoms with Crippen LogP contribution in [0, 0.1) is 0 Å². The smallest absolute Gasteiger partial charge is 0.334 e. The van der Waals surface area contributed by atoms with Gasteiger partial charge in [-0.1, -0.05) is 29.4 Å². The van der Waals surface area contributed by atoms with Crippen LogP contribution in [0.3, 0.4) is 0 Å². The van der Waals surface area contributed by atoms with Gasteiger partial charge in [-0.15, -0.1) is 5.10 Å². The number of hydrogen-bond acceptors (Lipinski definition) is 9. The summed E-state index contributed by atoms with van der Waals surface area (Å²) in [6.45, 7) is 6.30. The number of aliphatic carboxylic acids is 2. The lowest BCUT2D eigenvalue weighted by molar-refractivity contribution is -0.133. The Labute approximate surface area is 250 Å². The number of carboxylic acids is 2. The Balaban J connectivity index is 1.17. The number of dihydropyridines is 1. The number of carboxylic acid groups (broad SMARTS) is 2. The molecule has 2 aliphatic rings. The first-order valence-corrected chi connectivity index (χ1v) is 14.4. The molecule has 0 aliphatic carbocycles. The van der Waals surface area contributed by atoms with Crippen molar-refractivity contribution in [1.82, 2.24) is 20.4 Å². The third-order valence-electron chi connectivity index (χ3n) is 8.18. The van der Waals surface area contributed by atoms with Crippen molar-refractivity contribution in [1.29, 1.82) is 0 Å². The summed E-state index contributed by atoms with van der Waals surface area (Å²) in [5.41, 5.74) is 3.23. The van der Waals surface area contributed by atoms with E-state index < -0.39 is 17.9 Å². The number of nitrogens with one attached hydrogen (secondary N) is 2. The van der Waals surface area contributed by atoms with Crippen LogP contribution in [0.4, 0.5) is 11.7 Å². The first kappa shape index (κ1) is 29.8. The van der Waals surface area contributed by atoms with E-state index in [1.165, 1.54) is 5.56 Å². The van der Waals surface area contributed by atoms with Crippen LogP contribution in [0.5, 0.6) is 5.75 Å². The summed E-state index contributed by atoms with van der Waals surface area (Å²) in [5, 5.41) is 34.1. The zero-order valence-corrected chi connectivity index (χ0v) is 24.6. The number of benzene rings is 2. The van der Waals surface area contributed by atoms with E-state index in [0.717, 1.165) is 44.6 Å². The van der Waals surface area contributed by atoms with Crippen molar-refractivity contribution in [2.75, 3.05) is 32.1 Å². The molecule has 1 saturated heterocycles. The summed E-state index contributed by atoms with van der Waals surface area (Å²) in [4.78, 5) is 26.7.